The summed E-state index contributed by atoms with van der Waals surface area (Å²) in [5, 5.41) is 0. The van der Waals surface area contributed by atoms with E-state index in [9.17, 15) is 0 Å². The van der Waals surface area contributed by atoms with Gasteiger partial charge in [-0.1, -0.05) is 393 Å². The third-order valence-electron chi connectivity index (χ3n) is 28.6. The predicted octanol–water partition coefficient (Wildman–Crippen LogP) is 39.0. The van der Waals surface area contributed by atoms with E-state index in [1.54, 1.807) is 22.3 Å². The van der Waals surface area contributed by atoms with Crippen LogP contribution >= 0.6 is 93.2 Å². The third kappa shape index (κ3) is 24.0. The lowest BCUT2D eigenvalue weighted by molar-refractivity contribution is 0.393. The predicted molar refractivity (Wildman–Crippen MR) is 548 cm³/mol. The summed E-state index contributed by atoms with van der Waals surface area (Å²) in [4.78, 5) is 5.58. The molecule has 0 spiro atoms. The van der Waals surface area contributed by atoms with Gasteiger partial charge in [-0.15, -0.1) is 69.7 Å². The van der Waals surface area contributed by atoms with Gasteiger partial charge < -0.3 is 0 Å². The summed E-state index contributed by atoms with van der Waals surface area (Å²) in [6, 6.07) is 21.6. The second-order valence-corrected chi connectivity index (χ2v) is 44.6. The zero-order valence-electron chi connectivity index (χ0n) is 77.1. The number of benzene rings is 4. The van der Waals surface area contributed by atoms with Gasteiger partial charge in [-0.2, -0.15) is 17.5 Å². The number of aromatic nitrogens is 4. The van der Waals surface area contributed by atoms with E-state index in [1.807, 2.05) is 69.7 Å². The summed E-state index contributed by atoms with van der Waals surface area (Å²) >= 11 is 14.6. The van der Waals surface area contributed by atoms with Gasteiger partial charge in [-0.05, 0) is 157 Å². The first-order valence-electron chi connectivity index (χ1n) is 50.0. The van der Waals surface area contributed by atoms with Crippen LogP contribution in [0.1, 0.15) is 468 Å². The molecule has 0 saturated heterocycles. The van der Waals surface area contributed by atoms with Gasteiger partial charge in [0.25, 0.3) is 0 Å². The third-order valence-corrected chi connectivity index (χ3v) is 36.2. The van der Waals surface area contributed by atoms with E-state index < -0.39 is 0 Å². The lowest BCUT2D eigenvalue weighted by Gasteiger charge is -2.35. The van der Waals surface area contributed by atoms with Crippen molar-refractivity contribution in [1.29, 1.82) is 0 Å². The first-order chi connectivity index (χ1) is 59.1. The molecule has 4 aromatic carbocycles. The molecule has 12 heteroatoms. The fourth-order valence-corrected chi connectivity index (χ4v) is 28.4. The number of thioether (sulfide) groups is 4. The van der Waals surface area contributed by atoms with Gasteiger partial charge in [0.1, 0.15) is 22.1 Å². The molecular formula is C108H158N4S8. The lowest BCUT2D eigenvalue weighted by Crippen LogP contribution is -2.27. The largest absolute Gasteiger partial charge is 0.173 e. The summed E-state index contributed by atoms with van der Waals surface area (Å²) in [6.07, 6.45) is 91.0. The smallest absolute Gasteiger partial charge is 0.114 e. The second kappa shape index (κ2) is 51.1. The van der Waals surface area contributed by atoms with Crippen LogP contribution < -0.4 is 0 Å². The molecule has 4 aliphatic carbocycles. The molecule has 8 aromatic rings. The van der Waals surface area contributed by atoms with Crippen LogP contribution in [-0.2, 0) is 10.8 Å². The Hall–Kier alpha value is -3.20. The van der Waals surface area contributed by atoms with Gasteiger partial charge in [0, 0.05) is 88.9 Å². The van der Waals surface area contributed by atoms with E-state index >= 15 is 0 Å². The number of hydrogen-bond acceptors (Lipinski definition) is 12. The minimum Gasteiger partial charge on any atom is -0.173 e. The number of nitrogens with zero attached hydrogens (tertiary/aromatic N) is 4. The normalized spacial score (nSPS) is 13.8. The summed E-state index contributed by atoms with van der Waals surface area (Å²) in [6.45, 7) is 14.0. The molecule has 12 rings (SSSR count). The Kier molecular flexibility index (Phi) is 40.8. The maximum atomic E-state index is 5.71. The van der Waals surface area contributed by atoms with E-state index in [2.05, 4.69) is 115 Å². The number of thiophene rings is 2. The van der Waals surface area contributed by atoms with Crippen LogP contribution in [0, 0.1) is 13.8 Å². The van der Waals surface area contributed by atoms with Crippen molar-refractivity contribution in [2.45, 2.75) is 438 Å². The molecule has 0 aliphatic heterocycles. The highest BCUT2D eigenvalue weighted by molar-refractivity contribution is 8.22. The first-order valence-corrected chi connectivity index (χ1v) is 58.0. The van der Waals surface area contributed by atoms with Crippen LogP contribution in [0.5, 0.6) is 0 Å². The van der Waals surface area contributed by atoms with E-state index in [0.717, 1.165) is 34.9 Å². The van der Waals surface area contributed by atoms with Gasteiger partial charge in [0.15, 0.2) is 0 Å². The zero-order valence-corrected chi connectivity index (χ0v) is 83.6. The molecule has 0 unspecified atom stereocenters. The van der Waals surface area contributed by atoms with Crippen molar-refractivity contribution in [3.63, 3.8) is 0 Å². The fraction of sp³-hybridized carbons (Fsp3) is 0.667. The number of rotatable bonds is 65. The number of aryl methyl sites for hydroxylation is 2. The number of unbranched alkanes of at least 4 members (excludes halogenated alkanes) is 52. The van der Waals surface area contributed by atoms with E-state index in [-0.39, 0.29) is 10.8 Å². The minimum absolute atomic E-state index is 0.121. The molecular weight excluding hydrogens is 1610 g/mol. The fourth-order valence-electron chi connectivity index (χ4n) is 21.9. The van der Waals surface area contributed by atoms with Crippen LogP contribution in [0.4, 0.5) is 0 Å². The Morgan fingerprint density at radius 2 is 0.533 bits per heavy atom. The van der Waals surface area contributed by atoms with Crippen molar-refractivity contribution in [3.8, 4) is 53.6 Å². The molecule has 4 aliphatic rings. The van der Waals surface area contributed by atoms with Gasteiger partial charge in [0.2, 0.25) is 0 Å². The van der Waals surface area contributed by atoms with Gasteiger partial charge in [-0.25, -0.2) is 0 Å². The van der Waals surface area contributed by atoms with Crippen molar-refractivity contribution >= 4 is 126 Å². The zero-order chi connectivity index (χ0) is 83.7. The van der Waals surface area contributed by atoms with Crippen LogP contribution in [0.3, 0.4) is 0 Å². The maximum Gasteiger partial charge on any atom is 0.114 e. The number of hydrogen-bond donors (Lipinski definition) is 0. The Balaban J connectivity index is 0.935. The highest BCUT2D eigenvalue weighted by Gasteiger charge is 2.50. The quantitative estimate of drug-likeness (QED) is 0.0350. The number of fused-ring (bicyclic) bond motifs is 16. The molecule has 4 nitrogen and oxygen atoms in total. The van der Waals surface area contributed by atoms with E-state index in [0.29, 0.717) is 0 Å². The summed E-state index contributed by atoms with van der Waals surface area (Å²) in [5.74, 6) is 0. The van der Waals surface area contributed by atoms with Crippen molar-refractivity contribution in [1.82, 2.24) is 17.5 Å². The average molecular weight is 1770 g/mol. The van der Waals surface area contributed by atoms with Crippen LogP contribution in [0.2, 0.25) is 0 Å². The van der Waals surface area contributed by atoms with Crippen LogP contribution in [0.15, 0.2) is 57.0 Å². The van der Waals surface area contributed by atoms with Crippen molar-refractivity contribution in [2.75, 3.05) is 25.0 Å². The van der Waals surface area contributed by atoms with E-state index in [1.165, 1.54) is 502 Å². The van der Waals surface area contributed by atoms with Crippen LogP contribution in [-0.4, -0.2) is 42.5 Å². The first kappa shape index (κ1) is 95.9. The molecule has 0 N–H and O–H groups in total. The monoisotopic (exact) mass is 1770 g/mol. The molecule has 120 heavy (non-hydrogen) atoms. The van der Waals surface area contributed by atoms with Crippen molar-refractivity contribution < 1.29 is 0 Å². The second-order valence-electron chi connectivity index (χ2n) is 37.4. The molecule has 4 heterocycles. The van der Waals surface area contributed by atoms with Gasteiger partial charge >= 0.3 is 0 Å². The standard InChI is InChI=1S/C108H158N4S8/c1-11-15-19-23-27-31-35-39-43-47-51-55-59-63-67-107(68-64-60-56-52-48-44-40-36-32-28-24-20-16-12-2)90-76-86-91(75-85(90)97-92(107)71-79(5)99-101(97)111-119-109-99)108(69-65-61-57-53-49-45-41-37-33-29-25-21-17-13-3,70-66-62-58-54-50-46-42-38-34-30-26-22-18-14-4)93-77-87(100-102(98(86)93)112-120-110-100)94-78-89-96(106(115-9)116-10)82-73-83-81(74-84(82)104(89)118-94)95(105(113-7)114-8)88-72-80(6)117-103(83)88/h71-78H,11-70H2,1-10H3. The highest BCUT2D eigenvalue weighted by atomic mass is 32.2. The average Bonchev–Trinajstić information content (AvgIpc) is 1.52. The van der Waals surface area contributed by atoms with Crippen molar-refractivity contribution in [2.24, 2.45) is 0 Å². The molecule has 658 valence electrons. The Labute approximate surface area is 765 Å². The summed E-state index contributed by atoms with van der Waals surface area (Å²) < 4.78 is 24.8. The van der Waals surface area contributed by atoms with Crippen LogP contribution in [0.25, 0.3) is 86.8 Å². The van der Waals surface area contributed by atoms with Gasteiger partial charge in [-0.3, -0.25) is 0 Å². The molecule has 0 atom stereocenters. The van der Waals surface area contributed by atoms with E-state index in [4.69, 9.17) is 17.5 Å². The Morgan fingerprint density at radius 3 is 0.867 bits per heavy atom. The molecule has 0 bridgehead atoms. The highest BCUT2D eigenvalue weighted by Crippen LogP contribution is 2.66. The minimum atomic E-state index is -0.199. The molecule has 0 radical (unpaired) electrons. The molecule has 0 saturated carbocycles. The molecule has 0 fully saturated rings. The summed E-state index contributed by atoms with van der Waals surface area (Å²) in [5.41, 5.74) is 30.3. The van der Waals surface area contributed by atoms with Crippen molar-refractivity contribution in [3.05, 3.63) is 112 Å². The Morgan fingerprint density at radius 1 is 0.258 bits per heavy atom. The summed E-state index contributed by atoms with van der Waals surface area (Å²) in [7, 11) is 0. The molecule has 4 aromatic heterocycles. The SMILES string of the molecule is CCCCCCCCCCCCCCCCC1(CCCCCCCCCCCCCCCC)c2cc3c(cc2-c2c1cc(C)c1nsnc21)C(CCCCCCCCCCCCCCCC)(CCCCCCCCCCCCCCCC)c1cc(-c2cc4c(s2)-c2cc5c(cc2C4=C(SC)SC)-c2sc(C)cc2C5=C(SC)SC)c2nsnc2c1-3. The lowest BCUT2D eigenvalue weighted by atomic mass is 9.68. The maximum absolute atomic E-state index is 5.71. The Bertz CT molecular complexity index is 4420. The van der Waals surface area contributed by atoms with Gasteiger partial charge in [0.05, 0.1) is 23.5 Å². The molecule has 0 amide bonds. The topological polar surface area (TPSA) is 51.6 Å².